The molecule has 6 heteroatoms. The van der Waals surface area contributed by atoms with Crippen molar-refractivity contribution in [3.8, 4) is 11.3 Å². The first-order chi connectivity index (χ1) is 12.7. The molecule has 1 saturated heterocycles. The Balaban J connectivity index is 1.50. The summed E-state index contributed by atoms with van der Waals surface area (Å²) < 4.78 is 0. The topological polar surface area (TPSA) is 91.5 Å². The van der Waals surface area contributed by atoms with Crippen LogP contribution >= 0.6 is 0 Å². The van der Waals surface area contributed by atoms with Crippen LogP contribution in [0.4, 0.5) is 5.69 Å². The Labute approximate surface area is 154 Å². The molecule has 0 bridgehead atoms. The van der Waals surface area contributed by atoms with Crippen LogP contribution in [0.15, 0.2) is 42.6 Å². The fraction of sp³-hybridized carbons (Fsp3) is 0.400. The van der Waals surface area contributed by atoms with Crippen LogP contribution in [0.1, 0.15) is 23.2 Å². The smallest absolute Gasteiger partial charge is 0.251 e. The summed E-state index contributed by atoms with van der Waals surface area (Å²) in [6.07, 6.45) is 3.87. The number of nitrogens with two attached hydrogens (primary N) is 1. The SMILES string of the molecule is Nc1ccnc(-c2ccc(C(=O)NCCN3CCC[C@H](CO)C3)cc2)c1. The maximum atomic E-state index is 12.3. The van der Waals surface area contributed by atoms with E-state index in [0.29, 0.717) is 23.7 Å². The van der Waals surface area contributed by atoms with E-state index < -0.39 is 0 Å². The number of piperidine rings is 1. The van der Waals surface area contributed by atoms with Gasteiger partial charge in [0, 0.05) is 49.3 Å². The molecule has 0 saturated carbocycles. The van der Waals surface area contributed by atoms with Crippen LogP contribution in [-0.4, -0.2) is 53.7 Å². The number of nitrogens with one attached hydrogen (secondary N) is 1. The van der Waals surface area contributed by atoms with Gasteiger partial charge in [-0.25, -0.2) is 0 Å². The van der Waals surface area contributed by atoms with Crippen LogP contribution in [0.25, 0.3) is 11.3 Å². The number of carbonyl (C=O) groups is 1. The fourth-order valence-corrected chi connectivity index (χ4v) is 3.33. The Morgan fingerprint density at radius 3 is 2.85 bits per heavy atom. The third-order valence-electron chi connectivity index (χ3n) is 4.80. The molecule has 0 aliphatic carbocycles. The van der Waals surface area contributed by atoms with Gasteiger partial charge < -0.3 is 21.1 Å². The lowest BCUT2D eigenvalue weighted by Crippen LogP contribution is -2.41. The first-order valence-electron chi connectivity index (χ1n) is 9.09. The summed E-state index contributed by atoms with van der Waals surface area (Å²) in [5.74, 6) is 0.292. The van der Waals surface area contributed by atoms with Gasteiger partial charge in [0.05, 0.1) is 5.69 Å². The predicted molar refractivity (Wildman–Crippen MR) is 103 cm³/mol. The van der Waals surface area contributed by atoms with Crippen molar-refractivity contribution in [3.05, 3.63) is 48.2 Å². The van der Waals surface area contributed by atoms with Crippen molar-refractivity contribution in [3.63, 3.8) is 0 Å². The second-order valence-corrected chi connectivity index (χ2v) is 6.80. The van der Waals surface area contributed by atoms with E-state index in [9.17, 15) is 9.90 Å². The van der Waals surface area contributed by atoms with Crippen molar-refractivity contribution in [1.82, 2.24) is 15.2 Å². The molecule has 0 spiro atoms. The lowest BCUT2D eigenvalue weighted by atomic mass is 9.99. The lowest BCUT2D eigenvalue weighted by molar-refractivity contribution is 0.0930. The molecule has 3 rings (SSSR count). The van der Waals surface area contributed by atoms with Crippen molar-refractivity contribution >= 4 is 11.6 Å². The Morgan fingerprint density at radius 2 is 2.12 bits per heavy atom. The first-order valence-corrected chi connectivity index (χ1v) is 9.09. The summed E-state index contributed by atoms with van der Waals surface area (Å²) in [4.78, 5) is 18.9. The summed E-state index contributed by atoms with van der Waals surface area (Å²) >= 11 is 0. The molecule has 6 nitrogen and oxygen atoms in total. The van der Waals surface area contributed by atoms with Gasteiger partial charge in [-0.1, -0.05) is 12.1 Å². The van der Waals surface area contributed by atoms with Crippen molar-refractivity contribution in [2.75, 3.05) is 38.5 Å². The maximum absolute atomic E-state index is 12.3. The highest BCUT2D eigenvalue weighted by Gasteiger charge is 2.18. The molecule has 1 amide bonds. The number of amides is 1. The second-order valence-electron chi connectivity index (χ2n) is 6.80. The van der Waals surface area contributed by atoms with Gasteiger partial charge in [-0.05, 0) is 49.6 Å². The number of aromatic nitrogens is 1. The average molecular weight is 354 g/mol. The number of aliphatic hydroxyl groups excluding tert-OH is 1. The summed E-state index contributed by atoms with van der Waals surface area (Å²) in [5.41, 5.74) is 8.80. The number of nitrogen functional groups attached to an aromatic ring is 1. The Hall–Kier alpha value is -2.44. The Kier molecular flexibility index (Phi) is 6.20. The highest BCUT2D eigenvalue weighted by atomic mass is 16.3. The average Bonchev–Trinajstić information content (AvgIpc) is 2.68. The van der Waals surface area contributed by atoms with Crippen LogP contribution in [0.2, 0.25) is 0 Å². The van der Waals surface area contributed by atoms with E-state index in [0.717, 1.165) is 43.7 Å². The van der Waals surface area contributed by atoms with Crippen molar-refractivity contribution in [1.29, 1.82) is 0 Å². The van der Waals surface area contributed by atoms with E-state index in [1.807, 2.05) is 18.2 Å². The van der Waals surface area contributed by atoms with Gasteiger partial charge in [-0.15, -0.1) is 0 Å². The minimum atomic E-state index is -0.0761. The minimum Gasteiger partial charge on any atom is -0.399 e. The molecule has 1 aliphatic rings. The first kappa shape index (κ1) is 18.4. The number of nitrogens with zero attached hydrogens (tertiary/aromatic N) is 2. The zero-order valence-corrected chi connectivity index (χ0v) is 14.9. The van der Waals surface area contributed by atoms with Gasteiger partial charge in [-0.3, -0.25) is 9.78 Å². The number of carbonyl (C=O) groups excluding carboxylic acids is 1. The summed E-state index contributed by atoms with van der Waals surface area (Å²) in [5, 5.41) is 12.3. The van der Waals surface area contributed by atoms with E-state index in [1.165, 1.54) is 0 Å². The van der Waals surface area contributed by atoms with E-state index in [4.69, 9.17) is 5.73 Å². The molecule has 1 aromatic heterocycles. The third-order valence-corrected chi connectivity index (χ3v) is 4.80. The number of likely N-dealkylation sites (tertiary alicyclic amines) is 1. The van der Waals surface area contributed by atoms with Gasteiger partial charge in [0.1, 0.15) is 0 Å². The fourth-order valence-electron chi connectivity index (χ4n) is 3.33. The zero-order valence-electron chi connectivity index (χ0n) is 14.9. The third kappa shape index (κ3) is 4.80. The summed E-state index contributed by atoms with van der Waals surface area (Å²) in [7, 11) is 0. The Bertz CT molecular complexity index is 733. The summed E-state index contributed by atoms with van der Waals surface area (Å²) in [6, 6.07) is 10.9. The molecule has 1 fully saturated rings. The number of hydrogen-bond acceptors (Lipinski definition) is 5. The van der Waals surface area contributed by atoms with E-state index >= 15 is 0 Å². The number of pyridine rings is 1. The van der Waals surface area contributed by atoms with Crippen LogP contribution < -0.4 is 11.1 Å². The minimum absolute atomic E-state index is 0.0761. The summed E-state index contributed by atoms with van der Waals surface area (Å²) in [6.45, 7) is 3.61. The van der Waals surface area contributed by atoms with Crippen molar-refractivity contribution in [2.24, 2.45) is 5.92 Å². The van der Waals surface area contributed by atoms with Crippen LogP contribution in [0.3, 0.4) is 0 Å². The predicted octanol–water partition coefficient (Wildman–Crippen LogP) is 1.76. The number of hydrogen-bond donors (Lipinski definition) is 3. The maximum Gasteiger partial charge on any atom is 0.251 e. The van der Waals surface area contributed by atoms with Crippen LogP contribution in [0.5, 0.6) is 0 Å². The van der Waals surface area contributed by atoms with Crippen LogP contribution in [0, 0.1) is 5.92 Å². The normalized spacial score (nSPS) is 17.8. The van der Waals surface area contributed by atoms with E-state index in [1.54, 1.807) is 24.4 Å². The van der Waals surface area contributed by atoms with Gasteiger partial charge in [0.25, 0.3) is 5.91 Å². The molecule has 0 unspecified atom stereocenters. The number of rotatable bonds is 6. The molecule has 0 radical (unpaired) electrons. The molecule has 2 aromatic rings. The van der Waals surface area contributed by atoms with E-state index in [-0.39, 0.29) is 12.5 Å². The number of aliphatic hydroxyl groups is 1. The molecular formula is C20H26N4O2. The molecule has 1 aliphatic heterocycles. The quantitative estimate of drug-likeness (QED) is 0.735. The molecule has 138 valence electrons. The molecule has 1 aromatic carbocycles. The molecule has 2 heterocycles. The molecule has 26 heavy (non-hydrogen) atoms. The van der Waals surface area contributed by atoms with Gasteiger partial charge in [0.2, 0.25) is 0 Å². The lowest BCUT2D eigenvalue weighted by Gasteiger charge is -2.31. The molecule has 1 atom stereocenters. The Morgan fingerprint density at radius 1 is 1.31 bits per heavy atom. The highest BCUT2D eigenvalue weighted by molar-refractivity contribution is 5.94. The van der Waals surface area contributed by atoms with Crippen molar-refractivity contribution in [2.45, 2.75) is 12.8 Å². The standard InChI is InChI=1S/C20H26N4O2/c21-18-7-8-22-19(12-18)16-3-5-17(6-4-16)20(26)23-9-11-24-10-1-2-15(13-24)14-25/h3-8,12,15,25H,1-2,9-11,13-14H2,(H2,21,22)(H,23,26)/t15-/m0/s1. The van der Waals surface area contributed by atoms with Gasteiger partial charge >= 0.3 is 0 Å². The van der Waals surface area contributed by atoms with Crippen LogP contribution in [-0.2, 0) is 0 Å². The highest BCUT2D eigenvalue weighted by Crippen LogP contribution is 2.19. The van der Waals surface area contributed by atoms with E-state index in [2.05, 4.69) is 15.2 Å². The molecular weight excluding hydrogens is 328 g/mol. The van der Waals surface area contributed by atoms with Gasteiger partial charge in [-0.2, -0.15) is 0 Å². The van der Waals surface area contributed by atoms with Crippen molar-refractivity contribution < 1.29 is 9.90 Å². The van der Waals surface area contributed by atoms with Gasteiger partial charge in [0.15, 0.2) is 0 Å². The number of anilines is 1. The monoisotopic (exact) mass is 354 g/mol. The molecule has 4 N–H and O–H groups in total. The number of benzene rings is 1. The zero-order chi connectivity index (χ0) is 18.4. The largest absolute Gasteiger partial charge is 0.399 e. The second kappa shape index (κ2) is 8.78.